The van der Waals surface area contributed by atoms with Crippen molar-refractivity contribution in [2.75, 3.05) is 18.9 Å². The highest BCUT2D eigenvalue weighted by atomic mass is 35.5. The number of alkyl halides is 2. The molecule has 1 rings (SSSR count). The van der Waals surface area contributed by atoms with Gasteiger partial charge in [-0.2, -0.15) is 0 Å². The molecule has 1 amide bonds. The fraction of sp³-hybridized carbons (Fsp3) is 0.300. The van der Waals surface area contributed by atoms with E-state index in [1.54, 1.807) is 0 Å². The molecule has 1 aromatic carbocycles. The first kappa shape index (κ1) is 14.9. The fourth-order valence-corrected chi connectivity index (χ4v) is 1.56. The minimum absolute atomic E-state index is 0.0516. The topological polar surface area (TPSA) is 75.4 Å². The van der Waals surface area contributed by atoms with Crippen molar-refractivity contribution in [3.63, 3.8) is 0 Å². The van der Waals surface area contributed by atoms with E-state index in [1.165, 1.54) is 12.1 Å². The monoisotopic (exact) mass is 298 g/mol. The maximum Gasteiger partial charge on any atom is 0.287 e. The summed E-state index contributed by atoms with van der Waals surface area (Å²) in [6.07, 6.45) is 0. The number of hydrogen-bond donors (Lipinski definition) is 3. The van der Waals surface area contributed by atoms with Crippen molar-refractivity contribution in [3.05, 3.63) is 27.7 Å². The number of carbonyl (C=O) groups is 1. The van der Waals surface area contributed by atoms with E-state index in [0.29, 0.717) is 0 Å². The molecule has 0 bridgehead atoms. The molecular weight excluding hydrogens is 289 g/mol. The van der Waals surface area contributed by atoms with E-state index in [9.17, 15) is 13.6 Å². The Balaban J connectivity index is 2.85. The number of rotatable bonds is 4. The molecule has 0 aliphatic carbocycles. The second kappa shape index (κ2) is 5.69. The van der Waals surface area contributed by atoms with E-state index in [1.807, 2.05) is 5.32 Å². The van der Waals surface area contributed by atoms with Crippen molar-refractivity contribution in [2.45, 2.75) is 5.92 Å². The molecule has 0 aliphatic rings. The van der Waals surface area contributed by atoms with Crippen LogP contribution in [0.3, 0.4) is 0 Å². The van der Waals surface area contributed by atoms with Crippen molar-refractivity contribution in [1.82, 2.24) is 5.32 Å². The van der Waals surface area contributed by atoms with Gasteiger partial charge in [0.05, 0.1) is 22.2 Å². The summed E-state index contributed by atoms with van der Waals surface area (Å²) in [5, 5.41) is 10.3. The normalized spacial score (nSPS) is 11.4. The molecule has 1 aromatic rings. The number of anilines is 1. The summed E-state index contributed by atoms with van der Waals surface area (Å²) >= 11 is 11.5. The lowest BCUT2D eigenvalue weighted by molar-refractivity contribution is -0.0462. The highest BCUT2D eigenvalue weighted by Crippen LogP contribution is 2.28. The van der Waals surface area contributed by atoms with Crippen molar-refractivity contribution < 1.29 is 18.7 Å². The second-order valence-electron chi connectivity index (χ2n) is 3.56. The van der Waals surface area contributed by atoms with E-state index in [2.05, 4.69) is 0 Å². The van der Waals surface area contributed by atoms with Gasteiger partial charge in [-0.05, 0) is 12.1 Å². The van der Waals surface area contributed by atoms with Gasteiger partial charge in [-0.25, -0.2) is 8.78 Å². The van der Waals surface area contributed by atoms with Crippen molar-refractivity contribution >= 4 is 34.8 Å². The fourth-order valence-electron chi connectivity index (χ4n) is 1.14. The van der Waals surface area contributed by atoms with Gasteiger partial charge in [-0.3, -0.25) is 4.79 Å². The Labute approximate surface area is 112 Å². The van der Waals surface area contributed by atoms with E-state index < -0.39 is 25.0 Å². The molecule has 100 valence electrons. The first-order chi connectivity index (χ1) is 8.26. The summed E-state index contributed by atoms with van der Waals surface area (Å²) in [5.41, 5.74) is 5.55. The molecule has 8 heteroatoms. The van der Waals surface area contributed by atoms with Crippen LogP contribution in [0.2, 0.25) is 10.0 Å². The summed E-state index contributed by atoms with van der Waals surface area (Å²) in [6, 6.07) is 2.56. The first-order valence-corrected chi connectivity index (χ1v) is 5.54. The van der Waals surface area contributed by atoms with Crippen molar-refractivity contribution in [2.24, 2.45) is 0 Å². The Morgan fingerprint density at radius 1 is 1.44 bits per heavy atom. The molecule has 0 spiro atoms. The Morgan fingerprint density at radius 3 is 2.61 bits per heavy atom. The average molecular weight is 299 g/mol. The van der Waals surface area contributed by atoms with Crippen LogP contribution >= 0.6 is 23.2 Å². The third kappa shape index (κ3) is 3.69. The number of carbonyl (C=O) groups excluding carboxylic acids is 1. The van der Waals surface area contributed by atoms with E-state index in [-0.39, 0.29) is 21.3 Å². The van der Waals surface area contributed by atoms with Crippen LogP contribution in [0.25, 0.3) is 0 Å². The number of aliphatic hydroxyl groups is 1. The number of aliphatic hydroxyl groups excluding tert-OH is 1. The standard InChI is InChI=1S/C10H10Cl2F2N2O2/c11-7-2-5(15)1-6(8(7)12)9(18)16-3-10(13,14)4-17/h1-2,17H,3-4,15H2,(H,16,18). The lowest BCUT2D eigenvalue weighted by atomic mass is 10.2. The molecule has 0 aromatic heterocycles. The number of amides is 1. The van der Waals surface area contributed by atoms with Crippen molar-refractivity contribution in [1.29, 1.82) is 0 Å². The first-order valence-electron chi connectivity index (χ1n) is 4.78. The number of nitrogens with two attached hydrogens (primary N) is 1. The molecule has 0 saturated carbocycles. The molecule has 0 atom stereocenters. The number of benzene rings is 1. The molecular formula is C10H10Cl2F2N2O2. The zero-order valence-corrected chi connectivity index (χ0v) is 10.5. The predicted octanol–water partition coefficient (Wildman–Crippen LogP) is 1.93. The molecule has 0 radical (unpaired) electrons. The van der Waals surface area contributed by atoms with Crippen LogP contribution in [-0.4, -0.2) is 30.1 Å². The van der Waals surface area contributed by atoms with Gasteiger partial charge in [-0.1, -0.05) is 23.2 Å². The number of nitrogen functional groups attached to an aromatic ring is 1. The van der Waals surface area contributed by atoms with E-state index >= 15 is 0 Å². The maximum atomic E-state index is 12.7. The Kier molecular flexibility index (Phi) is 4.72. The van der Waals surface area contributed by atoms with Gasteiger partial charge in [0, 0.05) is 5.69 Å². The quantitative estimate of drug-likeness (QED) is 0.744. The summed E-state index contributed by atoms with van der Waals surface area (Å²) < 4.78 is 25.5. The molecule has 0 heterocycles. The summed E-state index contributed by atoms with van der Waals surface area (Å²) in [5.74, 6) is -4.24. The van der Waals surface area contributed by atoms with Crippen LogP contribution in [-0.2, 0) is 0 Å². The average Bonchev–Trinajstić information content (AvgIpc) is 2.31. The van der Waals surface area contributed by atoms with Gasteiger partial charge in [0.1, 0.15) is 6.61 Å². The molecule has 4 nitrogen and oxygen atoms in total. The Bertz CT molecular complexity index is 469. The molecule has 0 aliphatic heterocycles. The third-order valence-electron chi connectivity index (χ3n) is 2.03. The third-order valence-corrected chi connectivity index (χ3v) is 2.84. The lowest BCUT2D eigenvalue weighted by Gasteiger charge is -2.14. The van der Waals surface area contributed by atoms with Gasteiger partial charge in [0.15, 0.2) is 0 Å². The van der Waals surface area contributed by atoms with Crippen LogP contribution in [0.15, 0.2) is 12.1 Å². The SMILES string of the molecule is Nc1cc(Cl)c(Cl)c(C(=O)NCC(F)(F)CO)c1. The minimum atomic E-state index is -3.40. The maximum absolute atomic E-state index is 12.7. The zero-order chi connectivity index (χ0) is 13.9. The van der Waals surface area contributed by atoms with Gasteiger partial charge >= 0.3 is 0 Å². The van der Waals surface area contributed by atoms with Crippen LogP contribution < -0.4 is 11.1 Å². The molecule has 0 fully saturated rings. The zero-order valence-electron chi connectivity index (χ0n) is 9.01. The largest absolute Gasteiger partial charge is 0.399 e. The highest BCUT2D eigenvalue weighted by Gasteiger charge is 2.28. The van der Waals surface area contributed by atoms with E-state index in [4.69, 9.17) is 34.0 Å². The number of halogens is 4. The van der Waals surface area contributed by atoms with Gasteiger partial charge in [0.2, 0.25) is 0 Å². The highest BCUT2D eigenvalue weighted by molar-refractivity contribution is 6.44. The number of hydrogen-bond acceptors (Lipinski definition) is 3. The van der Waals surface area contributed by atoms with Crippen LogP contribution in [0.1, 0.15) is 10.4 Å². The molecule has 0 saturated heterocycles. The Hall–Kier alpha value is -1.11. The summed E-state index contributed by atoms with van der Waals surface area (Å²) in [6.45, 7) is -2.37. The van der Waals surface area contributed by atoms with Crippen LogP contribution in [0, 0.1) is 0 Å². The number of nitrogens with one attached hydrogen (secondary N) is 1. The van der Waals surface area contributed by atoms with Crippen molar-refractivity contribution in [3.8, 4) is 0 Å². The van der Waals surface area contributed by atoms with E-state index in [0.717, 1.165) is 0 Å². The predicted molar refractivity (Wildman–Crippen MR) is 65.2 cm³/mol. The lowest BCUT2D eigenvalue weighted by Crippen LogP contribution is -2.39. The summed E-state index contributed by atoms with van der Waals surface area (Å²) in [7, 11) is 0. The summed E-state index contributed by atoms with van der Waals surface area (Å²) in [4.78, 5) is 11.6. The second-order valence-corrected chi connectivity index (χ2v) is 4.35. The van der Waals surface area contributed by atoms with Gasteiger partial charge in [0.25, 0.3) is 11.8 Å². The van der Waals surface area contributed by atoms with Gasteiger partial charge in [-0.15, -0.1) is 0 Å². The molecule has 4 N–H and O–H groups in total. The van der Waals surface area contributed by atoms with Crippen LogP contribution in [0.4, 0.5) is 14.5 Å². The minimum Gasteiger partial charge on any atom is -0.399 e. The van der Waals surface area contributed by atoms with Gasteiger partial charge < -0.3 is 16.2 Å². The smallest absolute Gasteiger partial charge is 0.287 e. The molecule has 18 heavy (non-hydrogen) atoms. The van der Waals surface area contributed by atoms with Crippen LogP contribution in [0.5, 0.6) is 0 Å². The molecule has 0 unspecified atom stereocenters. The Morgan fingerprint density at radius 2 is 2.06 bits per heavy atom.